The molecule has 0 aliphatic carbocycles. The van der Waals surface area contributed by atoms with E-state index in [1.807, 2.05) is 41.3 Å². The Kier molecular flexibility index (Phi) is 6.80. The Labute approximate surface area is 182 Å². The van der Waals surface area contributed by atoms with Crippen molar-refractivity contribution in [3.05, 3.63) is 70.5 Å². The number of hydrogen-bond donors (Lipinski definition) is 0. The number of rotatable bonds is 8. The number of para-hydroxylation sites is 1. The van der Waals surface area contributed by atoms with Crippen molar-refractivity contribution in [3.8, 4) is 17.0 Å². The van der Waals surface area contributed by atoms with Gasteiger partial charge in [-0.3, -0.25) is 4.79 Å². The highest BCUT2D eigenvalue weighted by atomic mass is 32.1. The molecule has 2 heterocycles. The molecule has 1 fully saturated rings. The van der Waals surface area contributed by atoms with E-state index in [4.69, 9.17) is 9.72 Å². The first-order valence-corrected chi connectivity index (χ1v) is 11.5. The predicted octanol–water partition coefficient (Wildman–Crippen LogP) is 5.51. The second-order valence-electron chi connectivity index (χ2n) is 7.82. The highest BCUT2D eigenvalue weighted by Crippen LogP contribution is 2.33. The summed E-state index contributed by atoms with van der Waals surface area (Å²) in [7, 11) is 0. The van der Waals surface area contributed by atoms with Crippen LogP contribution in [0.2, 0.25) is 0 Å². The monoisotopic (exact) mass is 420 g/mol. The number of aromatic nitrogens is 1. The molecule has 0 bridgehead atoms. The summed E-state index contributed by atoms with van der Waals surface area (Å²) in [5.41, 5.74) is 2.22. The number of carbonyl (C=O) groups excluding carboxylic acids is 1. The van der Waals surface area contributed by atoms with Gasteiger partial charge in [0.1, 0.15) is 5.75 Å². The number of benzene rings is 2. The molecule has 2 atom stereocenters. The maximum Gasteiger partial charge on any atom is 0.210 e. The van der Waals surface area contributed by atoms with Gasteiger partial charge < -0.3 is 9.64 Å². The highest BCUT2D eigenvalue weighted by molar-refractivity contribution is 7.12. The molecule has 0 N–H and O–H groups in total. The topological polar surface area (TPSA) is 42.4 Å². The SMILES string of the molecule is Cc1nc(-c2ccccc2)c(CC2CCCC(CCOc3ccccc3)N2C=O)s1. The molecule has 4 rings (SSSR count). The number of hydrogen-bond acceptors (Lipinski definition) is 4. The molecule has 1 aliphatic rings. The summed E-state index contributed by atoms with van der Waals surface area (Å²) in [4.78, 5) is 20.1. The summed E-state index contributed by atoms with van der Waals surface area (Å²) in [6.07, 6.45) is 6.00. The van der Waals surface area contributed by atoms with Crippen molar-refractivity contribution in [3.63, 3.8) is 0 Å². The van der Waals surface area contributed by atoms with E-state index in [2.05, 4.69) is 31.2 Å². The number of likely N-dealkylation sites (tertiary alicyclic amines) is 1. The lowest BCUT2D eigenvalue weighted by molar-refractivity contribution is -0.124. The zero-order valence-electron chi connectivity index (χ0n) is 17.4. The number of ether oxygens (including phenoxy) is 1. The number of aryl methyl sites for hydroxylation is 1. The average molecular weight is 421 g/mol. The molecule has 1 saturated heterocycles. The van der Waals surface area contributed by atoms with E-state index >= 15 is 0 Å². The van der Waals surface area contributed by atoms with Gasteiger partial charge in [-0.15, -0.1) is 11.3 Å². The molecule has 2 aromatic carbocycles. The van der Waals surface area contributed by atoms with Crippen LogP contribution in [0.5, 0.6) is 5.75 Å². The molecule has 5 heteroatoms. The number of thiazole rings is 1. The molecule has 1 amide bonds. The van der Waals surface area contributed by atoms with Crippen molar-refractivity contribution in [1.29, 1.82) is 0 Å². The Balaban J connectivity index is 1.43. The lowest BCUT2D eigenvalue weighted by Crippen LogP contribution is -2.47. The minimum absolute atomic E-state index is 0.222. The van der Waals surface area contributed by atoms with Gasteiger partial charge in [0.2, 0.25) is 6.41 Å². The van der Waals surface area contributed by atoms with Crippen molar-refractivity contribution >= 4 is 17.7 Å². The molecule has 2 unspecified atom stereocenters. The van der Waals surface area contributed by atoms with E-state index in [1.165, 1.54) is 4.88 Å². The van der Waals surface area contributed by atoms with Gasteiger partial charge >= 0.3 is 0 Å². The zero-order valence-corrected chi connectivity index (χ0v) is 18.2. The van der Waals surface area contributed by atoms with Gasteiger partial charge in [0.25, 0.3) is 0 Å². The summed E-state index contributed by atoms with van der Waals surface area (Å²) < 4.78 is 5.88. The lowest BCUT2D eigenvalue weighted by atomic mass is 9.91. The fraction of sp³-hybridized carbons (Fsp3) is 0.360. The third-order valence-corrected chi connectivity index (χ3v) is 6.77. The Morgan fingerprint density at radius 2 is 1.77 bits per heavy atom. The van der Waals surface area contributed by atoms with E-state index in [-0.39, 0.29) is 12.1 Å². The van der Waals surface area contributed by atoms with Crippen molar-refractivity contribution in [2.45, 2.75) is 51.1 Å². The summed E-state index contributed by atoms with van der Waals surface area (Å²) >= 11 is 1.75. The summed E-state index contributed by atoms with van der Waals surface area (Å²) in [6.45, 7) is 2.68. The largest absolute Gasteiger partial charge is 0.494 e. The van der Waals surface area contributed by atoms with Crippen LogP contribution >= 0.6 is 11.3 Å². The molecule has 1 aliphatic heterocycles. The average Bonchev–Trinajstić information content (AvgIpc) is 3.15. The van der Waals surface area contributed by atoms with E-state index < -0.39 is 0 Å². The van der Waals surface area contributed by atoms with E-state index in [0.29, 0.717) is 6.61 Å². The first-order chi connectivity index (χ1) is 14.7. The number of carbonyl (C=O) groups is 1. The van der Waals surface area contributed by atoms with Gasteiger partial charge in [-0.2, -0.15) is 0 Å². The van der Waals surface area contributed by atoms with Crippen LogP contribution in [0, 0.1) is 6.92 Å². The zero-order chi connectivity index (χ0) is 20.8. The molecule has 1 aromatic heterocycles. The van der Waals surface area contributed by atoms with E-state index in [9.17, 15) is 4.79 Å². The summed E-state index contributed by atoms with van der Waals surface area (Å²) in [6, 6.07) is 20.7. The quantitative estimate of drug-likeness (QED) is 0.451. The van der Waals surface area contributed by atoms with Crippen molar-refractivity contribution in [2.24, 2.45) is 0 Å². The molecule has 30 heavy (non-hydrogen) atoms. The van der Waals surface area contributed by atoms with Crippen LogP contribution in [-0.2, 0) is 11.2 Å². The molecular formula is C25H28N2O2S. The molecule has 4 nitrogen and oxygen atoms in total. The van der Waals surface area contributed by atoms with Gasteiger partial charge in [-0.1, -0.05) is 48.5 Å². The van der Waals surface area contributed by atoms with Crippen LogP contribution in [-0.4, -0.2) is 35.0 Å². The van der Waals surface area contributed by atoms with Crippen molar-refractivity contribution in [2.75, 3.05) is 6.61 Å². The molecular weight excluding hydrogens is 392 g/mol. The highest BCUT2D eigenvalue weighted by Gasteiger charge is 2.30. The Bertz CT molecular complexity index is 942. The van der Waals surface area contributed by atoms with E-state index in [1.54, 1.807) is 11.3 Å². The second kappa shape index (κ2) is 9.90. The van der Waals surface area contributed by atoms with Gasteiger partial charge in [-0.25, -0.2) is 4.98 Å². The first kappa shape index (κ1) is 20.6. The standard InChI is InChI=1S/C25H28N2O2S/c1-19-26-25(20-9-4-2-5-10-20)24(30-19)17-22-12-8-11-21(27(22)18-28)15-16-29-23-13-6-3-7-14-23/h2-7,9-10,13-14,18,21-22H,8,11-12,15-17H2,1H3. The fourth-order valence-corrected chi connectivity index (χ4v) is 5.36. The number of nitrogens with zero attached hydrogens (tertiary/aromatic N) is 2. The number of amides is 1. The fourth-order valence-electron chi connectivity index (χ4n) is 4.33. The van der Waals surface area contributed by atoms with Crippen molar-refractivity contribution < 1.29 is 9.53 Å². The van der Waals surface area contributed by atoms with Gasteiger partial charge in [0.05, 0.1) is 17.3 Å². The smallest absolute Gasteiger partial charge is 0.210 e. The molecule has 0 saturated carbocycles. The molecule has 0 spiro atoms. The first-order valence-electron chi connectivity index (χ1n) is 10.7. The molecule has 3 aromatic rings. The van der Waals surface area contributed by atoms with Gasteiger partial charge in [0.15, 0.2) is 0 Å². The maximum atomic E-state index is 12.0. The summed E-state index contributed by atoms with van der Waals surface area (Å²) in [5.74, 6) is 0.884. The minimum Gasteiger partial charge on any atom is -0.494 e. The maximum absolute atomic E-state index is 12.0. The summed E-state index contributed by atoms with van der Waals surface area (Å²) in [5, 5.41) is 1.07. The van der Waals surface area contributed by atoms with E-state index in [0.717, 1.165) is 60.5 Å². The Morgan fingerprint density at radius 3 is 2.50 bits per heavy atom. The van der Waals surface area contributed by atoms with Crippen LogP contribution in [0.3, 0.4) is 0 Å². The minimum atomic E-state index is 0.222. The third kappa shape index (κ3) is 4.90. The Morgan fingerprint density at radius 1 is 1.07 bits per heavy atom. The third-order valence-electron chi connectivity index (χ3n) is 5.78. The Hall–Kier alpha value is -2.66. The predicted molar refractivity (Wildman–Crippen MR) is 122 cm³/mol. The van der Waals surface area contributed by atoms with Crippen molar-refractivity contribution in [1.82, 2.24) is 9.88 Å². The van der Waals surface area contributed by atoms with Crippen LogP contribution in [0.1, 0.15) is 35.6 Å². The molecule has 0 radical (unpaired) electrons. The van der Waals surface area contributed by atoms with Crippen LogP contribution in [0.15, 0.2) is 60.7 Å². The van der Waals surface area contributed by atoms with Crippen LogP contribution in [0.25, 0.3) is 11.3 Å². The number of piperidine rings is 1. The normalized spacial score (nSPS) is 18.9. The van der Waals surface area contributed by atoms with Crippen LogP contribution < -0.4 is 4.74 Å². The van der Waals surface area contributed by atoms with Gasteiger partial charge in [-0.05, 0) is 38.3 Å². The molecule has 156 valence electrons. The van der Waals surface area contributed by atoms with Gasteiger partial charge in [0, 0.05) is 35.4 Å². The van der Waals surface area contributed by atoms with Crippen LogP contribution in [0.4, 0.5) is 0 Å². The second-order valence-corrected chi connectivity index (χ2v) is 9.10. The lowest BCUT2D eigenvalue weighted by Gasteiger charge is -2.40.